The summed E-state index contributed by atoms with van der Waals surface area (Å²) in [6.07, 6.45) is -1.31. The Hall–Kier alpha value is -2.19. The smallest absolute Gasteiger partial charge is 0.434 e. The summed E-state index contributed by atoms with van der Waals surface area (Å²) in [4.78, 5) is 36.2. The van der Waals surface area contributed by atoms with Crippen LogP contribution in [-0.2, 0) is 28.4 Å². The molecular weight excluding hydrogens is 432 g/mol. The number of carbonyl (C=O) groups is 3. The summed E-state index contributed by atoms with van der Waals surface area (Å²) < 4.78 is 31.5. The van der Waals surface area contributed by atoms with Gasteiger partial charge in [0, 0.05) is 19.3 Å². The Bertz CT molecular complexity index is 502. The van der Waals surface area contributed by atoms with Crippen molar-refractivity contribution in [3.05, 3.63) is 0 Å². The minimum Gasteiger partial charge on any atom is -0.434 e. The number of carbonyl (C=O) groups excluding carboxylic acids is 3. The summed E-state index contributed by atoms with van der Waals surface area (Å²) in [5.41, 5.74) is 0. The molecule has 9 heteroatoms. The molecular formula is C24H42O9. The Morgan fingerprint density at radius 2 is 0.788 bits per heavy atom. The normalized spacial score (nSPS) is 20.5. The largest absolute Gasteiger partial charge is 0.508 e. The highest BCUT2D eigenvalue weighted by Gasteiger charge is 2.36. The van der Waals surface area contributed by atoms with Crippen LogP contribution in [-0.4, -0.2) is 56.6 Å². The first-order valence-electron chi connectivity index (χ1n) is 12.0. The van der Waals surface area contributed by atoms with Crippen molar-refractivity contribution in [2.75, 3.05) is 19.8 Å². The summed E-state index contributed by atoms with van der Waals surface area (Å²) in [6, 6.07) is 0. The molecule has 1 rings (SSSR count). The lowest BCUT2D eigenvalue weighted by atomic mass is 9.92. The highest BCUT2D eigenvalue weighted by molar-refractivity contribution is 5.61. The van der Waals surface area contributed by atoms with Crippen molar-refractivity contribution in [3.8, 4) is 0 Å². The molecule has 0 spiro atoms. The molecule has 0 atom stereocenters. The van der Waals surface area contributed by atoms with Gasteiger partial charge in [0.15, 0.2) is 0 Å². The minimum atomic E-state index is -0.793. The van der Waals surface area contributed by atoms with Gasteiger partial charge in [0.1, 0.15) is 18.3 Å². The van der Waals surface area contributed by atoms with Crippen molar-refractivity contribution in [1.29, 1.82) is 0 Å². The maximum Gasteiger partial charge on any atom is 0.508 e. The quantitative estimate of drug-likeness (QED) is 0.253. The first kappa shape index (κ1) is 28.8. The van der Waals surface area contributed by atoms with Crippen molar-refractivity contribution in [2.24, 2.45) is 17.8 Å². The van der Waals surface area contributed by atoms with E-state index < -0.39 is 36.8 Å². The summed E-state index contributed by atoms with van der Waals surface area (Å²) in [5.74, 6) is 1.18. The zero-order valence-corrected chi connectivity index (χ0v) is 21.0. The van der Waals surface area contributed by atoms with Crippen LogP contribution in [0.25, 0.3) is 0 Å². The van der Waals surface area contributed by atoms with E-state index in [-0.39, 0.29) is 39.1 Å². The second-order valence-corrected chi connectivity index (χ2v) is 9.77. The first-order valence-corrected chi connectivity index (χ1v) is 12.0. The van der Waals surface area contributed by atoms with E-state index in [4.69, 9.17) is 28.4 Å². The summed E-state index contributed by atoms with van der Waals surface area (Å²) in [6.45, 7) is 12.9. The molecule has 0 saturated heterocycles. The lowest BCUT2D eigenvalue weighted by Crippen LogP contribution is -2.40. The molecule has 0 N–H and O–H groups in total. The molecule has 0 bridgehead atoms. The van der Waals surface area contributed by atoms with Gasteiger partial charge in [-0.05, 0) is 37.0 Å². The molecule has 0 radical (unpaired) electrons. The van der Waals surface area contributed by atoms with Crippen LogP contribution in [0.3, 0.4) is 0 Å². The van der Waals surface area contributed by atoms with Crippen LogP contribution in [0.2, 0.25) is 0 Å². The standard InChI is InChI=1S/C24H42O9/c1-16(2)7-10-28-22(25)31-19-13-20(32-23(26)29-11-8-17(3)4)15-21(14-19)33-24(27)30-12-9-18(5)6/h16-21H,7-15H2,1-6H3. The topological polar surface area (TPSA) is 107 Å². The van der Waals surface area contributed by atoms with Crippen LogP contribution in [0.4, 0.5) is 14.4 Å². The molecule has 1 fully saturated rings. The van der Waals surface area contributed by atoms with E-state index in [1.165, 1.54) is 0 Å². The van der Waals surface area contributed by atoms with Gasteiger partial charge in [-0.3, -0.25) is 0 Å². The summed E-state index contributed by atoms with van der Waals surface area (Å²) in [5, 5.41) is 0. The van der Waals surface area contributed by atoms with Crippen LogP contribution in [0.1, 0.15) is 80.1 Å². The Morgan fingerprint density at radius 1 is 0.545 bits per heavy atom. The van der Waals surface area contributed by atoms with Crippen molar-refractivity contribution < 1.29 is 42.8 Å². The van der Waals surface area contributed by atoms with E-state index in [0.29, 0.717) is 17.8 Å². The fourth-order valence-corrected chi connectivity index (χ4v) is 3.10. The second kappa shape index (κ2) is 15.6. The van der Waals surface area contributed by atoms with Gasteiger partial charge in [-0.2, -0.15) is 0 Å². The third-order valence-electron chi connectivity index (χ3n) is 5.11. The molecule has 1 aliphatic carbocycles. The predicted molar refractivity (Wildman–Crippen MR) is 121 cm³/mol. The Balaban J connectivity index is 2.62. The summed E-state index contributed by atoms with van der Waals surface area (Å²) in [7, 11) is 0. The van der Waals surface area contributed by atoms with Gasteiger partial charge >= 0.3 is 18.5 Å². The number of ether oxygens (including phenoxy) is 6. The average molecular weight is 475 g/mol. The molecule has 0 aromatic heterocycles. The van der Waals surface area contributed by atoms with E-state index in [1.807, 2.05) is 41.5 Å². The number of rotatable bonds is 12. The van der Waals surface area contributed by atoms with Crippen molar-refractivity contribution in [3.63, 3.8) is 0 Å². The zero-order chi connectivity index (χ0) is 24.8. The molecule has 0 amide bonds. The first-order chi connectivity index (χ1) is 15.5. The number of hydrogen-bond acceptors (Lipinski definition) is 9. The number of hydrogen-bond donors (Lipinski definition) is 0. The molecule has 0 aliphatic heterocycles. The molecule has 0 aromatic carbocycles. The Labute approximate surface area is 197 Å². The van der Waals surface area contributed by atoms with Gasteiger partial charge in [-0.1, -0.05) is 41.5 Å². The Kier molecular flexibility index (Phi) is 13.6. The van der Waals surface area contributed by atoms with E-state index >= 15 is 0 Å². The monoisotopic (exact) mass is 474 g/mol. The minimum absolute atomic E-state index is 0.257. The van der Waals surface area contributed by atoms with Gasteiger partial charge in [0.2, 0.25) is 0 Å². The van der Waals surface area contributed by atoms with Crippen molar-refractivity contribution >= 4 is 18.5 Å². The van der Waals surface area contributed by atoms with E-state index in [2.05, 4.69) is 0 Å². The van der Waals surface area contributed by atoms with Crippen LogP contribution in [0, 0.1) is 17.8 Å². The third kappa shape index (κ3) is 14.5. The molecule has 0 unspecified atom stereocenters. The van der Waals surface area contributed by atoms with Gasteiger partial charge < -0.3 is 28.4 Å². The fraction of sp³-hybridized carbons (Fsp3) is 0.875. The highest BCUT2D eigenvalue weighted by Crippen LogP contribution is 2.27. The van der Waals surface area contributed by atoms with E-state index in [1.54, 1.807) is 0 Å². The molecule has 192 valence electrons. The highest BCUT2D eigenvalue weighted by atomic mass is 16.7. The van der Waals surface area contributed by atoms with E-state index in [9.17, 15) is 14.4 Å². The van der Waals surface area contributed by atoms with Crippen molar-refractivity contribution in [2.45, 2.75) is 98.4 Å². The predicted octanol–water partition coefficient (Wildman–Crippen LogP) is 5.87. The van der Waals surface area contributed by atoms with Gasteiger partial charge in [0.05, 0.1) is 19.8 Å². The van der Waals surface area contributed by atoms with Crippen LogP contribution in [0.5, 0.6) is 0 Å². The summed E-state index contributed by atoms with van der Waals surface area (Å²) >= 11 is 0. The molecule has 1 saturated carbocycles. The third-order valence-corrected chi connectivity index (χ3v) is 5.11. The van der Waals surface area contributed by atoms with E-state index in [0.717, 1.165) is 19.3 Å². The molecule has 0 heterocycles. The van der Waals surface area contributed by atoms with Crippen LogP contribution < -0.4 is 0 Å². The van der Waals surface area contributed by atoms with Crippen LogP contribution in [0.15, 0.2) is 0 Å². The van der Waals surface area contributed by atoms with Gasteiger partial charge in [-0.25, -0.2) is 14.4 Å². The fourth-order valence-electron chi connectivity index (χ4n) is 3.10. The van der Waals surface area contributed by atoms with Gasteiger partial charge in [-0.15, -0.1) is 0 Å². The Morgan fingerprint density at radius 3 is 1.00 bits per heavy atom. The lowest BCUT2D eigenvalue weighted by molar-refractivity contribution is -0.0779. The molecule has 0 aromatic rings. The molecule has 33 heavy (non-hydrogen) atoms. The average Bonchev–Trinajstić information content (AvgIpc) is 2.66. The van der Waals surface area contributed by atoms with Crippen LogP contribution >= 0.6 is 0 Å². The molecule has 1 aliphatic rings. The van der Waals surface area contributed by atoms with Crippen molar-refractivity contribution in [1.82, 2.24) is 0 Å². The lowest BCUT2D eigenvalue weighted by Gasteiger charge is -2.33. The SMILES string of the molecule is CC(C)CCOC(=O)OC1CC(OC(=O)OCCC(C)C)CC(OC(=O)OCCC(C)C)C1. The maximum atomic E-state index is 12.1. The maximum absolute atomic E-state index is 12.1. The molecule has 9 nitrogen and oxygen atoms in total. The second-order valence-electron chi connectivity index (χ2n) is 9.77. The zero-order valence-electron chi connectivity index (χ0n) is 21.0. The van der Waals surface area contributed by atoms with Gasteiger partial charge in [0.25, 0.3) is 0 Å².